The van der Waals surface area contributed by atoms with Crippen LogP contribution in [0.2, 0.25) is 0 Å². The summed E-state index contributed by atoms with van der Waals surface area (Å²) in [7, 11) is 0. The molecule has 1 aliphatic carbocycles. The first-order chi connectivity index (χ1) is 9.03. The first-order valence-corrected chi connectivity index (χ1v) is 7.40. The van der Waals surface area contributed by atoms with Gasteiger partial charge in [0.1, 0.15) is 6.61 Å². The standard InChI is InChI=1S/C15H19NO2S/c1-15(2)7-3-6-13(15)16-14(18)11-9-12(19-10-11)5-4-8-17/h9-10,13,17H,3,6-8H2,1-2H3,(H,16,18). The van der Waals surface area contributed by atoms with Gasteiger partial charge in [-0.2, -0.15) is 0 Å². The van der Waals surface area contributed by atoms with Crippen molar-refractivity contribution in [2.45, 2.75) is 39.2 Å². The molecule has 2 rings (SSSR count). The van der Waals surface area contributed by atoms with Crippen molar-refractivity contribution in [3.8, 4) is 11.8 Å². The Labute approximate surface area is 118 Å². The van der Waals surface area contributed by atoms with E-state index in [4.69, 9.17) is 5.11 Å². The third-order valence-corrected chi connectivity index (χ3v) is 4.56. The van der Waals surface area contributed by atoms with Crippen LogP contribution in [0.3, 0.4) is 0 Å². The zero-order valence-corrected chi connectivity index (χ0v) is 12.1. The molecule has 3 nitrogen and oxygen atoms in total. The highest BCUT2D eigenvalue weighted by atomic mass is 32.1. The molecule has 1 saturated carbocycles. The molecule has 0 saturated heterocycles. The molecule has 2 N–H and O–H groups in total. The Balaban J connectivity index is 2.02. The first-order valence-electron chi connectivity index (χ1n) is 6.52. The molecule has 0 aliphatic heterocycles. The van der Waals surface area contributed by atoms with Crippen molar-refractivity contribution in [1.29, 1.82) is 0 Å². The third-order valence-electron chi connectivity index (χ3n) is 3.71. The van der Waals surface area contributed by atoms with Gasteiger partial charge in [0.05, 0.1) is 10.4 Å². The van der Waals surface area contributed by atoms with E-state index >= 15 is 0 Å². The summed E-state index contributed by atoms with van der Waals surface area (Å²) in [6.45, 7) is 4.25. The van der Waals surface area contributed by atoms with E-state index in [1.165, 1.54) is 17.8 Å². The predicted molar refractivity (Wildman–Crippen MR) is 77.2 cm³/mol. The lowest BCUT2D eigenvalue weighted by atomic mass is 9.87. The van der Waals surface area contributed by atoms with Gasteiger partial charge in [0.2, 0.25) is 0 Å². The average Bonchev–Trinajstić information content (AvgIpc) is 2.94. The Hall–Kier alpha value is -1.31. The average molecular weight is 277 g/mol. The van der Waals surface area contributed by atoms with Crippen LogP contribution in [0.5, 0.6) is 0 Å². The number of rotatable bonds is 2. The topological polar surface area (TPSA) is 49.3 Å². The van der Waals surface area contributed by atoms with Gasteiger partial charge >= 0.3 is 0 Å². The minimum atomic E-state index is -0.157. The molecule has 1 aromatic rings. The van der Waals surface area contributed by atoms with E-state index in [0.29, 0.717) is 5.56 Å². The highest BCUT2D eigenvalue weighted by Crippen LogP contribution is 2.37. The second kappa shape index (κ2) is 5.77. The number of thiophene rings is 1. The summed E-state index contributed by atoms with van der Waals surface area (Å²) in [4.78, 5) is 13.0. The van der Waals surface area contributed by atoms with Crippen LogP contribution in [0.25, 0.3) is 0 Å². The fraction of sp³-hybridized carbons (Fsp3) is 0.533. The van der Waals surface area contributed by atoms with E-state index < -0.39 is 0 Å². The molecule has 1 unspecified atom stereocenters. The largest absolute Gasteiger partial charge is 0.384 e. The lowest BCUT2D eigenvalue weighted by Gasteiger charge is -2.27. The van der Waals surface area contributed by atoms with Crippen LogP contribution >= 0.6 is 11.3 Å². The van der Waals surface area contributed by atoms with E-state index in [1.54, 1.807) is 6.07 Å². The molecular formula is C15H19NO2S. The summed E-state index contributed by atoms with van der Waals surface area (Å²) < 4.78 is 0. The maximum Gasteiger partial charge on any atom is 0.252 e. The van der Waals surface area contributed by atoms with Gasteiger partial charge in [-0.3, -0.25) is 4.79 Å². The number of amides is 1. The lowest BCUT2D eigenvalue weighted by molar-refractivity contribution is 0.0910. The van der Waals surface area contributed by atoms with Crippen LogP contribution in [0.15, 0.2) is 11.4 Å². The molecule has 0 radical (unpaired) electrons. The SMILES string of the molecule is CC1(C)CCCC1NC(=O)c1csc(C#CCO)c1. The lowest BCUT2D eigenvalue weighted by Crippen LogP contribution is -2.41. The highest BCUT2D eigenvalue weighted by molar-refractivity contribution is 7.10. The molecule has 1 amide bonds. The molecule has 0 bridgehead atoms. The first kappa shape index (κ1) is 14.1. The summed E-state index contributed by atoms with van der Waals surface area (Å²) >= 11 is 1.43. The van der Waals surface area contributed by atoms with Crippen molar-refractivity contribution in [2.75, 3.05) is 6.61 Å². The number of hydrogen-bond donors (Lipinski definition) is 2. The van der Waals surface area contributed by atoms with Gasteiger partial charge in [0.15, 0.2) is 0 Å². The fourth-order valence-corrected chi connectivity index (χ4v) is 3.24. The van der Waals surface area contributed by atoms with Gasteiger partial charge in [-0.15, -0.1) is 11.3 Å². The van der Waals surface area contributed by atoms with Crippen molar-refractivity contribution >= 4 is 17.2 Å². The molecule has 1 heterocycles. The number of aliphatic hydroxyl groups excluding tert-OH is 1. The van der Waals surface area contributed by atoms with Crippen molar-refractivity contribution in [3.05, 3.63) is 21.9 Å². The smallest absolute Gasteiger partial charge is 0.252 e. The molecule has 1 aliphatic rings. The number of hydrogen-bond acceptors (Lipinski definition) is 3. The van der Waals surface area contributed by atoms with Crippen LogP contribution in [0.1, 0.15) is 48.3 Å². The van der Waals surface area contributed by atoms with E-state index in [1.807, 2.05) is 5.38 Å². The van der Waals surface area contributed by atoms with E-state index in [-0.39, 0.29) is 24.0 Å². The molecule has 4 heteroatoms. The molecule has 1 fully saturated rings. The van der Waals surface area contributed by atoms with Crippen molar-refractivity contribution in [3.63, 3.8) is 0 Å². The van der Waals surface area contributed by atoms with Crippen LogP contribution in [-0.2, 0) is 0 Å². The summed E-state index contributed by atoms with van der Waals surface area (Å²) in [6, 6.07) is 2.04. The molecule has 19 heavy (non-hydrogen) atoms. The normalized spacial score (nSPS) is 20.7. The highest BCUT2D eigenvalue weighted by Gasteiger charge is 2.35. The summed E-state index contributed by atoms with van der Waals surface area (Å²) in [5.41, 5.74) is 0.848. The van der Waals surface area contributed by atoms with Gasteiger partial charge in [-0.05, 0) is 24.3 Å². The molecule has 1 aromatic heterocycles. The number of aliphatic hydroxyl groups is 1. The zero-order valence-electron chi connectivity index (χ0n) is 11.3. The Morgan fingerprint density at radius 3 is 3.05 bits per heavy atom. The molecule has 0 spiro atoms. The summed E-state index contributed by atoms with van der Waals surface area (Å²) in [6.07, 6.45) is 3.39. The third kappa shape index (κ3) is 3.37. The Kier molecular flexibility index (Phi) is 4.28. The molecule has 102 valence electrons. The van der Waals surface area contributed by atoms with Crippen LogP contribution in [-0.4, -0.2) is 23.7 Å². The van der Waals surface area contributed by atoms with Gasteiger partial charge in [-0.25, -0.2) is 0 Å². The molecule has 1 atom stereocenters. The van der Waals surface area contributed by atoms with Crippen LogP contribution in [0.4, 0.5) is 0 Å². The second-order valence-electron chi connectivity index (χ2n) is 5.57. The van der Waals surface area contributed by atoms with E-state index in [0.717, 1.165) is 17.7 Å². The minimum Gasteiger partial charge on any atom is -0.384 e. The summed E-state index contributed by atoms with van der Waals surface area (Å²) in [5, 5.41) is 13.6. The quantitative estimate of drug-likeness (QED) is 0.816. The van der Waals surface area contributed by atoms with Gasteiger partial charge in [-0.1, -0.05) is 32.1 Å². The predicted octanol–water partition coefficient (Wildman–Crippen LogP) is 2.40. The van der Waals surface area contributed by atoms with Crippen molar-refractivity contribution < 1.29 is 9.90 Å². The minimum absolute atomic E-state index is 0.0201. The van der Waals surface area contributed by atoms with Crippen molar-refractivity contribution in [1.82, 2.24) is 5.32 Å². The molecule has 0 aromatic carbocycles. The number of nitrogens with one attached hydrogen (secondary N) is 1. The maximum atomic E-state index is 12.2. The Bertz CT molecular complexity index is 522. The molecular weight excluding hydrogens is 258 g/mol. The van der Waals surface area contributed by atoms with Crippen molar-refractivity contribution in [2.24, 2.45) is 5.41 Å². The van der Waals surface area contributed by atoms with E-state index in [9.17, 15) is 4.79 Å². The second-order valence-corrected chi connectivity index (χ2v) is 6.48. The Morgan fingerprint density at radius 1 is 1.63 bits per heavy atom. The van der Waals surface area contributed by atoms with Crippen LogP contribution < -0.4 is 5.32 Å². The Morgan fingerprint density at radius 2 is 2.42 bits per heavy atom. The van der Waals surface area contributed by atoms with Crippen LogP contribution in [0, 0.1) is 17.3 Å². The zero-order chi connectivity index (χ0) is 13.9. The maximum absolute atomic E-state index is 12.2. The monoisotopic (exact) mass is 277 g/mol. The fourth-order valence-electron chi connectivity index (χ4n) is 2.48. The summed E-state index contributed by atoms with van der Waals surface area (Å²) in [5.74, 6) is 5.39. The number of carbonyl (C=O) groups excluding carboxylic acids is 1. The number of carbonyl (C=O) groups is 1. The van der Waals surface area contributed by atoms with Gasteiger partial charge in [0, 0.05) is 11.4 Å². The van der Waals surface area contributed by atoms with E-state index in [2.05, 4.69) is 31.0 Å². The van der Waals surface area contributed by atoms with Gasteiger partial charge in [0.25, 0.3) is 5.91 Å². The van der Waals surface area contributed by atoms with Gasteiger partial charge < -0.3 is 10.4 Å².